The Balaban J connectivity index is -0.000000202. The van der Waals surface area contributed by atoms with Gasteiger partial charge >= 0.3 is 26.2 Å². The Hall–Kier alpha value is -1.49. The molecule has 2 radical (unpaired) electrons. The van der Waals surface area contributed by atoms with Gasteiger partial charge < -0.3 is 29.7 Å². The minimum Gasteiger partial charge on any atom is -0.550 e. The van der Waals surface area contributed by atoms with Crippen LogP contribution < -0.4 is 15.3 Å². The summed E-state index contributed by atoms with van der Waals surface area (Å²) in [6, 6.07) is 10.3. The second kappa shape index (κ2) is 31.7. The molecular weight excluding hydrogens is 677 g/mol. The monoisotopic (exact) mass is 730 g/mol. The molecule has 0 aliphatic rings. The van der Waals surface area contributed by atoms with Crippen LogP contribution in [0.4, 0.5) is 0 Å². The first-order chi connectivity index (χ1) is 17.6. The van der Waals surface area contributed by atoms with E-state index in [0.29, 0.717) is 19.3 Å². The molecule has 0 aliphatic carbocycles. The van der Waals surface area contributed by atoms with E-state index >= 15 is 0 Å². The molecule has 0 fully saturated rings. The quantitative estimate of drug-likeness (QED) is 0.246. The van der Waals surface area contributed by atoms with Crippen LogP contribution in [0.2, 0.25) is 0 Å². The molecule has 218 valence electrons. The van der Waals surface area contributed by atoms with Gasteiger partial charge in [0.15, 0.2) is 0 Å². The molecule has 1 aromatic carbocycles. The molecule has 0 aliphatic heterocycles. The summed E-state index contributed by atoms with van der Waals surface area (Å²) < 4.78 is 0. The van der Waals surface area contributed by atoms with E-state index in [9.17, 15) is 29.7 Å². The fraction of sp³-hybridized carbons (Fsp3) is 0.710. The number of carboxylic acids is 3. The summed E-state index contributed by atoms with van der Waals surface area (Å²) in [5.41, 5.74) is 1.32. The number of aliphatic carboxylic acids is 3. The van der Waals surface area contributed by atoms with E-state index in [4.69, 9.17) is 0 Å². The van der Waals surface area contributed by atoms with Gasteiger partial charge in [-0.05, 0) is 63.2 Å². The maximum atomic E-state index is 10.3. The normalized spacial score (nSPS) is 11.9. The molecule has 0 bridgehead atoms. The van der Waals surface area contributed by atoms with Crippen molar-refractivity contribution in [3.63, 3.8) is 0 Å². The van der Waals surface area contributed by atoms with Crippen molar-refractivity contribution in [2.24, 2.45) is 17.8 Å². The molecule has 6 nitrogen and oxygen atoms in total. The maximum absolute atomic E-state index is 10.3. The van der Waals surface area contributed by atoms with E-state index in [2.05, 4.69) is 39.8 Å². The molecule has 1 aromatic rings. The molecule has 0 saturated carbocycles. The average Bonchev–Trinajstić information content (AvgIpc) is 2.86. The minimum atomic E-state index is -0.893. The van der Waals surface area contributed by atoms with E-state index in [1.807, 2.05) is 39.0 Å². The first-order valence-electron chi connectivity index (χ1n) is 14.2. The number of aryl methyl sites for hydroxylation is 1. The molecule has 38 heavy (non-hydrogen) atoms. The molecule has 3 unspecified atom stereocenters. The first kappa shape index (κ1) is 43.6. The van der Waals surface area contributed by atoms with Crippen LogP contribution in [0.3, 0.4) is 0 Å². The number of carbonyl (C=O) groups is 3. The van der Waals surface area contributed by atoms with Crippen LogP contribution in [0, 0.1) is 24.7 Å². The van der Waals surface area contributed by atoms with E-state index in [1.54, 1.807) is 0 Å². The summed E-state index contributed by atoms with van der Waals surface area (Å²) in [5, 5.41) is 31.0. The van der Waals surface area contributed by atoms with E-state index in [1.165, 1.54) is 5.56 Å². The van der Waals surface area contributed by atoms with Crippen LogP contribution in [0.1, 0.15) is 124 Å². The first-order valence-corrected chi connectivity index (χ1v) is 14.2. The largest absolute Gasteiger partial charge is 3.00 e. The second-order valence-corrected chi connectivity index (χ2v) is 9.35. The van der Waals surface area contributed by atoms with Crippen LogP contribution in [-0.4, -0.2) is 44.1 Å². The van der Waals surface area contributed by atoms with Crippen LogP contribution in [0.5, 0.6) is 0 Å². The third-order valence-corrected chi connectivity index (χ3v) is 6.14. The Morgan fingerprint density at radius 1 is 0.579 bits per heavy atom. The topological polar surface area (TPSA) is 120 Å². The van der Waals surface area contributed by atoms with Crippen molar-refractivity contribution < 1.29 is 29.7 Å². The number of carboxylic acid groups (broad SMARTS) is 3. The number of carbonyl (C=O) groups excluding carboxylic acids is 3. The Labute approximate surface area is 252 Å². The predicted molar refractivity (Wildman–Crippen MR) is 152 cm³/mol. The third kappa shape index (κ3) is 29.1. The van der Waals surface area contributed by atoms with Crippen molar-refractivity contribution in [2.75, 3.05) is 0 Å². The van der Waals surface area contributed by atoms with Gasteiger partial charge in [0.1, 0.15) is 0 Å². The summed E-state index contributed by atoms with van der Waals surface area (Å²) in [4.78, 5) is 31.0. The Morgan fingerprint density at radius 2 is 0.842 bits per heavy atom. The maximum Gasteiger partial charge on any atom is 3.00 e. The number of unbranched alkanes of at least 4 members (excludes halogenated alkanes) is 3. The Morgan fingerprint density at radius 3 is 0.974 bits per heavy atom. The zero-order valence-corrected chi connectivity index (χ0v) is 28.5. The van der Waals surface area contributed by atoms with Gasteiger partial charge in [0.25, 0.3) is 0 Å². The summed E-state index contributed by atoms with van der Waals surface area (Å²) in [6.07, 6.45) is 10.6. The third-order valence-electron chi connectivity index (χ3n) is 6.14. The Bertz CT molecular complexity index is 604. The smallest absolute Gasteiger partial charge is 0.550 e. The average molecular weight is 731 g/mol. The summed E-state index contributed by atoms with van der Waals surface area (Å²) in [5.74, 6) is -3.34. The number of rotatable bonds is 15. The van der Waals surface area contributed by atoms with Crippen LogP contribution in [0.15, 0.2) is 30.3 Å². The van der Waals surface area contributed by atoms with Gasteiger partial charge in [-0.25, -0.2) is 0 Å². The number of hydrogen-bond donors (Lipinski definition) is 0. The van der Waals surface area contributed by atoms with E-state index in [0.717, 1.165) is 57.8 Å². The summed E-state index contributed by atoms with van der Waals surface area (Å²) in [6.45, 7) is 13.9. The molecule has 0 N–H and O–H groups in total. The van der Waals surface area contributed by atoms with Crippen molar-refractivity contribution >= 4 is 44.1 Å². The molecule has 0 amide bonds. The zero-order valence-electron chi connectivity index (χ0n) is 25.0. The van der Waals surface area contributed by atoms with Crippen molar-refractivity contribution in [3.8, 4) is 0 Å². The molecule has 0 aromatic heterocycles. The minimum absolute atomic E-state index is 0. The molecule has 3 atom stereocenters. The number of hydrogen-bond acceptors (Lipinski definition) is 6. The van der Waals surface area contributed by atoms with Crippen molar-refractivity contribution in [2.45, 2.75) is 126 Å². The molecule has 7 heteroatoms. The van der Waals surface area contributed by atoms with Gasteiger partial charge in [0, 0.05) is 17.9 Å². The van der Waals surface area contributed by atoms with Gasteiger partial charge in [0.05, 0.1) is 0 Å². The van der Waals surface area contributed by atoms with Crippen molar-refractivity contribution in [3.05, 3.63) is 35.9 Å². The van der Waals surface area contributed by atoms with Crippen molar-refractivity contribution in [1.29, 1.82) is 0 Å². The number of benzene rings is 1. The van der Waals surface area contributed by atoms with E-state index < -0.39 is 17.9 Å². The standard InChI is InChI=1S/3C8H16O2.C7H8.Bi/c3*1-3-5-6-7(4-2)8(9)10;1-7-5-3-2-4-6-7;/h3*7H,3-6H2,1-2H3,(H,9,10);2-6H,1H3;/q;;;;+3/p-3. The van der Waals surface area contributed by atoms with Crippen LogP contribution in [-0.2, 0) is 14.4 Å². The van der Waals surface area contributed by atoms with Gasteiger partial charge in [-0.3, -0.25) is 0 Å². The molecule has 0 saturated heterocycles. The van der Waals surface area contributed by atoms with Gasteiger partial charge in [-0.1, -0.05) is 116 Å². The summed E-state index contributed by atoms with van der Waals surface area (Å²) in [7, 11) is 0. The fourth-order valence-electron chi connectivity index (χ4n) is 3.35. The molecular formula is C31H53BiO6. The van der Waals surface area contributed by atoms with Crippen molar-refractivity contribution in [1.82, 2.24) is 0 Å². The SMILES string of the molecule is CCCCC(CC)C(=O)[O-].CCCCC(CC)C(=O)[O-].CCCCC(CC)C(=O)[O-].Cc1ccccc1.[Bi+3]. The van der Waals surface area contributed by atoms with Crippen LogP contribution in [0.25, 0.3) is 0 Å². The predicted octanol–water partition coefficient (Wildman–Crippen LogP) is 4.47. The second-order valence-electron chi connectivity index (χ2n) is 9.35. The van der Waals surface area contributed by atoms with Crippen LogP contribution >= 0.6 is 0 Å². The molecule has 1 rings (SSSR count). The van der Waals surface area contributed by atoms with Gasteiger partial charge in [-0.15, -0.1) is 0 Å². The molecule has 0 spiro atoms. The Kier molecular flexibility index (Phi) is 36.4. The summed E-state index contributed by atoms with van der Waals surface area (Å²) >= 11 is 0. The molecule has 0 heterocycles. The fourth-order valence-corrected chi connectivity index (χ4v) is 3.35. The van der Waals surface area contributed by atoms with E-state index in [-0.39, 0.29) is 44.0 Å². The zero-order chi connectivity index (χ0) is 29.1. The van der Waals surface area contributed by atoms with Gasteiger partial charge in [-0.2, -0.15) is 0 Å². The van der Waals surface area contributed by atoms with Gasteiger partial charge in [0.2, 0.25) is 0 Å².